The summed E-state index contributed by atoms with van der Waals surface area (Å²) < 4.78 is 1.33. The van der Waals surface area contributed by atoms with E-state index in [-0.39, 0.29) is 19.1 Å². The molecular weight excluding hydrogens is 322 g/mol. The quantitative estimate of drug-likeness (QED) is 0.753. The first-order valence-corrected chi connectivity index (χ1v) is 8.31. The van der Waals surface area contributed by atoms with E-state index in [0.717, 1.165) is 24.5 Å². The molecule has 0 spiro atoms. The van der Waals surface area contributed by atoms with Crippen LogP contribution in [0.2, 0.25) is 0 Å². The van der Waals surface area contributed by atoms with Crippen LogP contribution in [-0.2, 0) is 6.54 Å². The Kier molecular flexibility index (Phi) is 5.17. The van der Waals surface area contributed by atoms with Crippen LogP contribution >= 0.6 is 0 Å². The molecule has 0 bridgehead atoms. The number of urea groups is 1. The van der Waals surface area contributed by atoms with E-state index in [1.54, 1.807) is 0 Å². The molecule has 1 aliphatic heterocycles. The van der Waals surface area contributed by atoms with Crippen LogP contribution < -0.4 is 26.8 Å². The van der Waals surface area contributed by atoms with Gasteiger partial charge in [0.1, 0.15) is 0 Å². The Morgan fingerprint density at radius 2 is 1.96 bits per heavy atom. The Balaban J connectivity index is 1.51. The fourth-order valence-electron chi connectivity index (χ4n) is 2.84. The van der Waals surface area contributed by atoms with Gasteiger partial charge >= 0.3 is 11.7 Å². The van der Waals surface area contributed by atoms with E-state index in [9.17, 15) is 14.4 Å². The zero-order chi connectivity index (χ0) is 17.6. The van der Waals surface area contributed by atoms with Gasteiger partial charge in [-0.2, -0.15) is 0 Å². The molecule has 2 aromatic rings. The fourth-order valence-corrected chi connectivity index (χ4v) is 2.84. The van der Waals surface area contributed by atoms with Gasteiger partial charge in [-0.05, 0) is 31.0 Å². The number of benzene rings is 1. The summed E-state index contributed by atoms with van der Waals surface area (Å²) in [6, 6.07) is 8.69. The predicted molar refractivity (Wildman–Crippen MR) is 96.2 cm³/mol. The zero-order valence-electron chi connectivity index (χ0n) is 13.8. The molecule has 0 radical (unpaired) electrons. The Morgan fingerprint density at radius 3 is 2.72 bits per heavy atom. The standard InChI is InChI=1S/C17H21N5O3/c23-15-6-10-22(17(25)20-15)11-7-18-16(24)19-13-4-3-5-14(12-13)21-8-1-2-9-21/h3-6,10,12H,1-2,7-9,11H2,(H2,18,19,24)(H,20,23,25). The van der Waals surface area contributed by atoms with Crippen LogP contribution in [-0.4, -0.2) is 35.2 Å². The van der Waals surface area contributed by atoms with Gasteiger partial charge in [0, 0.05) is 49.8 Å². The highest BCUT2D eigenvalue weighted by Gasteiger charge is 2.12. The number of aromatic amines is 1. The molecule has 132 valence electrons. The molecule has 1 aromatic heterocycles. The largest absolute Gasteiger partial charge is 0.371 e. The van der Waals surface area contributed by atoms with Crippen LogP contribution in [0, 0.1) is 0 Å². The summed E-state index contributed by atoms with van der Waals surface area (Å²) in [5.41, 5.74) is 0.899. The molecule has 0 unspecified atom stereocenters. The SMILES string of the molecule is O=C(NCCn1ccc(=O)[nH]c1=O)Nc1cccc(N2CCCC2)c1. The molecule has 1 aliphatic rings. The lowest BCUT2D eigenvalue weighted by Gasteiger charge is -2.18. The summed E-state index contributed by atoms with van der Waals surface area (Å²) in [5, 5.41) is 5.49. The number of nitrogens with zero attached hydrogens (tertiary/aromatic N) is 2. The first-order valence-electron chi connectivity index (χ1n) is 8.31. The Bertz CT molecular complexity index is 852. The van der Waals surface area contributed by atoms with Crippen LogP contribution in [0.15, 0.2) is 46.1 Å². The summed E-state index contributed by atoms with van der Waals surface area (Å²) in [6.45, 7) is 2.63. The van der Waals surface area contributed by atoms with Crippen LogP contribution in [0.3, 0.4) is 0 Å². The third-order valence-corrected chi connectivity index (χ3v) is 4.11. The molecule has 1 fully saturated rings. The molecule has 0 aliphatic carbocycles. The van der Waals surface area contributed by atoms with E-state index in [2.05, 4.69) is 20.5 Å². The molecule has 3 N–H and O–H groups in total. The average Bonchev–Trinajstić information content (AvgIpc) is 3.12. The van der Waals surface area contributed by atoms with Crippen LogP contribution in [0.5, 0.6) is 0 Å². The Hall–Kier alpha value is -3.03. The number of rotatable bonds is 5. The second kappa shape index (κ2) is 7.69. The summed E-state index contributed by atoms with van der Waals surface area (Å²) in [5.74, 6) is 0. The molecule has 1 aromatic carbocycles. The number of nitrogens with one attached hydrogen (secondary N) is 3. The number of anilines is 2. The van der Waals surface area contributed by atoms with Gasteiger partial charge in [0.2, 0.25) is 0 Å². The van der Waals surface area contributed by atoms with E-state index in [1.165, 1.54) is 29.7 Å². The minimum Gasteiger partial charge on any atom is -0.371 e. The Morgan fingerprint density at radius 1 is 1.16 bits per heavy atom. The Labute approximate surface area is 144 Å². The first-order chi connectivity index (χ1) is 12.1. The smallest absolute Gasteiger partial charge is 0.328 e. The van der Waals surface area contributed by atoms with Crippen molar-refractivity contribution >= 4 is 17.4 Å². The number of amides is 2. The monoisotopic (exact) mass is 343 g/mol. The number of aromatic nitrogens is 2. The van der Waals surface area contributed by atoms with E-state index in [1.807, 2.05) is 24.3 Å². The number of carbonyl (C=O) groups excluding carboxylic acids is 1. The van der Waals surface area contributed by atoms with Crippen molar-refractivity contribution in [3.8, 4) is 0 Å². The van der Waals surface area contributed by atoms with Crippen molar-refractivity contribution in [2.45, 2.75) is 19.4 Å². The highest BCUT2D eigenvalue weighted by atomic mass is 16.2. The van der Waals surface area contributed by atoms with Crippen LogP contribution in [0.1, 0.15) is 12.8 Å². The molecule has 3 rings (SSSR count). The van der Waals surface area contributed by atoms with Gasteiger partial charge in [0.15, 0.2) is 0 Å². The number of carbonyl (C=O) groups is 1. The van der Waals surface area contributed by atoms with Crippen molar-refractivity contribution in [2.24, 2.45) is 0 Å². The van der Waals surface area contributed by atoms with Gasteiger partial charge in [-0.3, -0.25) is 14.3 Å². The van der Waals surface area contributed by atoms with Crippen molar-refractivity contribution < 1.29 is 4.79 Å². The van der Waals surface area contributed by atoms with Gasteiger partial charge in [0.25, 0.3) is 5.56 Å². The van der Waals surface area contributed by atoms with E-state index in [4.69, 9.17) is 0 Å². The van der Waals surface area contributed by atoms with Crippen molar-refractivity contribution in [2.75, 3.05) is 29.9 Å². The van der Waals surface area contributed by atoms with Gasteiger partial charge in [0.05, 0.1) is 0 Å². The van der Waals surface area contributed by atoms with E-state index < -0.39 is 11.2 Å². The topological polar surface area (TPSA) is 99.2 Å². The third kappa shape index (κ3) is 4.50. The minimum absolute atomic E-state index is 0.267. The molecule has 8 heteroatoms. The lowest BCUT2D eigenvalue weighted by Crippen LogP contribution is -2.35. The third-order valence-electron chi connectivity index (χ3n) is 4.11. The average molecular weight is 343 g/mol. The maximum atomic E-state index is 12.0. The van der Waals surface area contributed by atoms with Gasteiger partial charge in [-0.25, -0.2) is 9.59 Å². The molecule has 8 nitrogen and oxygen atoms in total. The number of H-pyrrole nitrogens is 1. The second-order valence-corrected chi connectivity index (χ2v) is 5.93. The summed E-state index contributed by atoms with van der Waals surface area (Å²) in [4.78, 5) is 39.0. The number of hydrogen-bond acceptors (Lipinski definition) is 4. The van der Waals surface area contributed by atoms with E-state index >= 15 is 0 Å². The molecule has 0 atom stereocenters. The fraction of sp³-hybridized carbons (Fsp3) is 0.353. The second-order valence-electron chi connectivity index (χ2n) is 5.93. The van der Waals surface area contributed by atoms with Crippen LogP contribution in [0.25, 0.3) is 0 Å². The molecule has 2 amide bonds. The lowest BCUT2D eigenvalue weighted by molar-refractivity contribution is 0.251. The summed E-state index contributed by atoms with van der Waals surface area (Å²) >= 11 is 0. The maximum Gasteiger partial charge on any atom is 0.328 e. The minimum atomic E-state index is -0.493. The van der Waals surface area contributed by atoms with Crippen molar-refractivity contribution in [1.29, 1.82) is 0 Å². The van der Waals surface area contributed by atoms with Crippen LogP contribution in [0.4, 0.5) is 16.2 Å². The molecular formula is C17H21N5O3. The first kappa shape index (κ1) is 16.8. The van der Waals surface area contributed by atoms with Gasteiger partial charge in [-0.15, -0.1) is 0 Å². The maximum absolute atomic E-state index is 12.0. The molecule has 1 saturated heterocycles. The predicted octanol–water partition coefficient (Wildman–Crippen LogP) is 0.958. The normalized spacial score (nSPS) is 13.7. The van der Waals surface area contributed by atoms with Crippen molar-refractivity contribution in [1.82, 2.24) is 14.9 Å². The summed E-state index contributed by atoms with van der Waals surface area (Å²) in [7, 11) is 0. The van der Waals surface area contributed by atoms with Gasteiger partial charge < -0.3 is 15.5 Å². The summed E-state index contributed by atoms with van der Waals surface area (Å²) in [6.07, 6.45) is 3.80. The molecule has 0 saturated carbocycles. The van der Waals surface area contributed by atoms with Crippen molar-refractivity contribution in [3.05, 3.63) is 57.4 Å². The molecule has 2 heterocycles. The van der Waals surface area contributed by atoms with Crippen molar-refractivity contribution in [3.63, 3.8) is 0 Å². The molecule has 25 heavy (non-hydrogen) atoms. The number of hydrogen-bond donors (Lipinski definition) is 3. The van der Waals surface area contributed by atoms with Gasteiger partial charge in [-0.1, -0.05) is 6.07 Å². The highest BCUT2D eigenvalue weighted by Crippen LogP contribution is 2.23. The zero-order valence-corrected chi connectivity index (χ0v) is 13.8. The lowest BCUT2D eigenvalue weighted by atomic mass is 10.2. The van der Waals surface area contributed by atoms with E-state index in [0.29, 0.717) is 0 Å². The highest BCUT2D eigenvalue weighted by molar-refractivity contribution is 5.89.